The van der Waals surface area contributed by atoms with E-state index < -0.39 is 0 Å². The van der Waals surface area contributed by atoms with Gasteiger partial charge < -0.3 is 10.1 Å². The quantitative estimate of drug-likeness (QED) is 0.309. The van der Waals surface area contributed by atoms with Crippen LogP contribution in [0.15, 0.2) is 48.1 Å². The van der Waals surface area contributed by atoms with Crippen LogP contribution in [0.4, 0.5) is 0 Å². The van der Waals surface area contributed by atoms with Crippen molar-refractivity contribution in [2.24, 2.45) is 39.9 Å². The van der Waals surface area contributed by atoms with E-state index in [9.17, 15) is 0 Å². The fourth-order valence-corrected chi connectivity index (χ4v) is 10.2. The molecule has 3 saturated carbocycles. The smallest absolute Gasteiger partial charge is 0.0681 e. The van der Waals surface area contributed by atoms with Gasteiger partial charge in [0, 0.05) is 10.8 Å². The van der Waals surface area contributed by atoms with Crippen molar-refractivity contribution in [3.63, 3.8) is 0 Å². The SMILES string of the molecule is C=C1C=CC2(C)C(=C1)CCC1C2C(C)CC2(C)C1CC1OC(CCC)CC12C(=C)CCCNC. The molecule has 5 rings (SSSR count). The Morgan fingerprint density at radius 2 is 2.06 bits per heavy atom. The summed E-state index contributed by atoms with van der Waals surface area (Å²) < 4.78 is 6.96. The van der Waals surface area contributed by atoms with E-state index in [1.165, 1.54) is 62.5 Å². The van der Waals surface area contributed by atoms with Crippen LogP contribution in [-0.4, -0.2) is 25.8 Å². The molecule has 0 aromatic carbocycles. The minimum absolute atomic E-state index is 0.165. The molecule has 0 bridgehead atoms. The van der Waals surface area contributed by atoms with Gasteiger partial charge in [-0.2, -0.15) is 0 Å². The van der Waals surface area contributed by atoms with Crippen molar-refractivity contribution in [3.8, 4) is 0 Å². The number of ether oxygens (including phenoxy) is 1. The van der Waals surface area contributed by atoms with Gasteiger partial charge in [-0.3, -0.25) is 0 Å². The van der Waals surface area contributed by atoms with E-state index >= 15 is 0 Å². The van der Waals surface area contributed by atoms with Crippen molar-refractivity contribution in [2.45, 2.75) is 97.7 Å². The van der Waals surface area contributed by atoms with Crippen molar-refractivity contribution >= 4 is 0 Å². The molecule has 0 amide bonds. The third kappa shape index (κ3) is 3.34. The third-order valence-electron chi connectivity index (χ3n) is 11.4. The number of rotatable bonds is 7. The zero-order chi connectivity index (χ0) is 24.3. The first kappa shape index (κ1) is 24.6. The predicted octanol–water partition coefficient (Wildman–Crippen LogP) is 7.64. The summed E-state index contributed by atoms with van der Waals surface area (Å²) in [7, 11) is 2.07. The van der Waals surface area contributed by atoms with Gasteiger partial charge in [0.1, 0.15) is 0 Å². The molecule has 4 aliphatic carbocycles. The van der Waals surface area contributed by atoms with Crippen molar-refractivity contribution in [3.05, 3.63) is 48.1 Å². The van der Waals surface area contributed by atoms with Crippen molar-refractivity contribution in [2.75, 3.05) is 13.6 Å². The standard InChI is InChI=1S/C32H49NO/c1-8-10-25-20-32(23(4)11-9-16-33-7)28(34-25)18-27-26-13-12-24-17-21(2)14-15-30(24,5)29(26)22(3)19-31(27,32)6/h14-15,17,22,25-29,33H,2,4,8-13,16,18-20H2,1,3,5-7H3. The van der Waals surface area contributed by atoms with Crippen LogP contribution in [0.2, 0.25) is 0 Å². The molecular weight excluding hydrogens is 414 g/mol. The van der Waals surface area contributed by atoms with E-state index in [-0.39, 0.29) is 10.8 Å². The summed E-state index contributed by atoms with van der Waals surface area (Å²) in [5, 5.41) is 3.35. The van der Waals surface area contributed by atoms with Gasteiger partial charge in [-0.25, -0.2) is 0 Å². The van der Waals surface area contributed by atoms with Gasteiger partial charge in [0.05, 0.1) is 12.2 Å². The Morgan fingerprint density at radius 1 is 1.26 bits per heavy atom. The molecule has 0 aromatic rings. The van der Waals surface area contributed by atoms with E-state index in [0.717, 1.165) is 30.7 Å². The highest BCUT2D eigenvalue weighted by atomic mass is 16.5. The lowest BCUT2D eigenvalue weighted by Crippen LogP contribution is -2.55. The fourth-order valence-electron chi connectivity index (χ4n) is 10.2. The zero-order valence-corrected chi connectivity index (χ0v) is 22.6. The highest BCUT2D eigenvalue weighted by molar-refractivity contribution is 5.44. The summed E-state index contributed by atoms with van der Waals surface area (Å²) in [5.41, 5.74) is 5.00. The number of allylic oxidation sites excluding steroid dienone is 5. The molecule has 2 heteroatoms. The first-order valence-corrected chi connectivity index (χ1v) is 14.3. The molecule has 1 saturated heterocycles. The molecule has 0 aromatic heterocycles. The first-order chi connectivity index (χ1) is 16.2. The number of hydrogen-bond donors (Lipinski definition) is 1. The molecule has 9 atom stereocenters. The molecule has 5 aliphatic rings. The molecule has 4 fully saturated rings. The fraction of sp³-hybridized carbons (Fsp3) is 0.750. The molecule has 1 aliphatic heterocycles. The van der Waals surface area contributed by atoms with Crippen LogP contribution in [0.3, 0.4) is 0 Å². The van der Waals surface area contributed by atoms with E-state index in [1.807, 2.05) is 0 Å². The zero-order valence-electron chi connectivity index (χ0n) is 22.6. The summed E-state index contributed by atoms with van der Waals surface area (Å²) in [4.78, 5) is 0. The Bertz CT molecular complexity index is 899. The maximum absolute atomic E-state index is 6.96. The lowest BCUT2D eigenvalue weighted by atomic mass is 9.42. The molecule has 1 N–H and O–H groups in total. The average molecular weight is 464 g/mol. The average Bonchev–Trinajstić information content (AvgIpc) is 3.26. The van der Waals surface area contributed by atoms with Gasteiger partial charge in [-0.15, -0.1) is 0 Å². The first-order valence-electron chi connectivity index (χ1n) is 14.3. The van der Waals surface area contributed by atoms with Crippen LogP contribution < -0.4 is 5.32 Å². The van der Waals surface area contributed by atoms with Crippen molar-refractivity contribution in [1.29, 1.82) is 0 Å². The van der Waals surface area contributed by atoms with Gasteiger partial charge >= 0.3 is 0 Å². The Hall–Kier alpha value is -1.12. The number of fused-ring (bicyclic) bond motifs is 7. The second kappa shape index (κ2) is 8.77. The van der Waals surface area contributed by atoms with Crippen LogP contribution in [0.25, 0.3) is 0 Å². The maximum Gasteiger partial charge on any atom is 0.0681 e. The van der Waals surface area contributed by atoms with Crippen molar-refractivity contribution < 1.29 is 4.74 Å². The molecule has 1 heterocycles. The summed E-state index contributed by atoms with van der Waals surface area (Å²) in [5.74, 6) is 2.98. The van der Waals surface area contributed by atoms with Gasteiger partial charge in [0.2, 0.25) is 0 Å². The predicted molar refractivity (Wildman–Crippen MR) is 144 cm³/mol. The summed E-state index contributed by atoms with van der Waals surface area (Å²) in [6.07, 6.45) is 19.1. The van der Waals surface area contributed by atoms with Gasteiger partial charge in [0.15, 0.2) is 0 Å². The van der Waals surface area contributed by atoms with Gasteiger partial charge in [0.25, 0.3) is 0 Å². The summed E-state index contributed by atoms with van der Waals surface area (Å²) in [6, 6.07) is 0. The lowest BCUT2D eigenvalue weighted by molar-refractivity contribution is -0.0891. The minimum atomic E-state index is 0.165. The van der Waals surface area contributed by atoms with Crippen LogP contribution >= 0.6 is 0 Å². The van der Waals surface area contributed by atoms with E-state index in [0.29, 0.717) is 23.5 Å². The lowest BCUT2D eigenvalue weighted by Gasteiger charge is -2.62. The van der Waals surface area contributed by atoms with E-state index in [2.05, 4.69) is 64.9 Å². The van der Waals surface area contributed by atoms with Crippen LogP contribution in [0.5, 0.6) is 0 Å². The number of nitrogens with one attached hydrogen (secondary N) is 1. The Morgan fingerprint density at radius 3 is 2.79 bits per heavy atom. The highest BCUT2D eigenvalue weighted by Gasteiger charge is 2.71. The van der Waals surface area contributed by atoms with Crippen molar-refractivity contribution in [1.82, 2.24) is 5.32 Å². The van der Waals surface area contributed by atoms with Crippen LogP contribution in [-0.2, 0) is 4.74 Å². The molecule has 34 heavy (non-hydrogen) atoms. The molecular formula is C32H49NO. The second-order valence-corrected chi connectivity index (χ2v) is 13.1. The molecule has 2 nitrogen and oxygen atoms in total. The molecule has 9 unspecified atom stereocenters. The number of hydrogen-bond acceptors (Lipinski definition) is 2. The Labute approximate surface area is 209 Å². The van der Waals surface area contributed by atoms with Crippen LogP contribution in [0, 0.1) is 39.9 Å². The molecule has 188 valence electrons. The minimum Gasteiger partial charge on any atom is -0.374 e. The topological polar surface area (TPSA) is 21.3 Å². The van der Waals surface area contributed by atoms with Gasteiger partial charge in [-0.1, -0.05) is 76.6 Å². The Kier molecular flexibility index (Phi) is 6.34. The maximum atomic E-state index is 6.96. The largest absolute Gasteiger partial charge is 0.374 e. The van der Waals surface area contributed by atoms with Crippen LogP contribution in [0.1, 0.15) is 85.5 Å². The normalized spacial score (nSPS) is 47.0. The van der Waals surface area contributed by atoms with E-state index in [4.69, 9.17) is 11.3 Å². The Balaban J connectivity index is 1.51. The third-order valence-corrected chi connectivity index (χ3v) is 11.4. The molecule has 0 spiro atoms. The van der Waals surface area contributed by atoms with E-state index in [1.54, 1.807) is 5.57 Å². The molecule has 0 radical (unpaired) electrons. The highest BCUT2D eigenvalue weighted by Crippen LogP contribution is 2.75. The second-order valence-electron chi connectivity index (χ2n) is 13.1. The van der Waals surface area contributed by atoms with Gasteiger partial charge in [-0.05, 0) is 99.6 Å². The monoisotopic (exact) mass is 463 g/mol. The summed E-state index contributed by atoms with van der Waals surface area (Å²) in [6.45, 7) is 20.3. The summed E-state index contributed by atoms with van der Waals surface area (Å²) >= 11 is 0.